The van der Waals surface area contributed by atoms with Crippen LogP contribution in [0.2, 0.25) is 0 Å². The highest BCUT2D eigenvalue weighted by Gasteiger charge is 2.10. The van der Waals surface area contributed by atoms with Crippen molar-refractivity contribution >= 4 is 12.6 Å². The molecule has 0 aliphatic carbocycles. The SMILES string of the molecule is COc1cc(C=O)ccc1OCc1cn(CCCn2cc(COc3ccc(C=O)cc3OC)nn2)nn1. The van der Waals surface area contributed by atoms with E-state index < -0.39 is 0 Å². The van der Waals surface area contributed by atoms with E-state index in [1.807, 2.05) is 12.4 Å². The molecule has 0 aliphatic rings. The van der Waals surface area contributed by atoms with Crippen molar-refractivity contribution in [3.63, 3.8) is 0 Å². The van der Waals surface area contributed by atoms with Crippen LogP contribution in [0.3, 0.4) is 0 Å². The second-order valence-corrected chi connectivity index (χ2v) is 7.93. The molecule has 0 atom stereocenters. The Hall–Kier alpha value is -4.74. The van der Waals surface area contributed by atoms with Crippen LogP contribution < -0.4 is 18.9 Å². The molecule has 4 rings (SSSR count). The van der Waals surface area contributed by atoms with Crippen LogP contribution in [0.5, 0.6) is 23.0 Å². The molecule has 0 N–H and O–H groups in total. The molecule has 0 spiro atoms. The maximum atomic E-state index is 10.9. The molecule has 0 radical (unpaired) electrons. The lowest BCUT2D eigenvalue weighted by Gasteiger charge is -2.09. The Balaban J connectivity index is 1.23. The van der Waals surface area contributed by atoms with Gasteiger partial charge in [-0.15, -0.1) is 10.2 Å². The number of hydrogen-bond acceptors (Lipinski definition) is 10. The van der Waals surface area contributed by atoms with Crippen LogP contribution in [0.25, 0.3) is 0 Å². The number of aryl methyl sites for hydroxylation is 2. The molecular formula is C25H26N6O6. The monoisotopic (exact) mass is 506 g/mol. The molecule has 0 saturated carbocycles. The fraction of sp³-hybridized carbons (Fsp3) is 0.280. The van der Waals surface area contributed by atoms with Gasteiger partial charge in [0.25, 0.3) is 0 Å². The minimum Gasteiger partial charge on any atom is -0.493 e. The first-order valence-corrected chi connectivity index (χ1v) is 11.4. The van der Waals surface area contributed by atoms with Crippen LogP contribution in [0.4, 0.5) is 0 Å². The third kappa shape index (κ3) is 6.69. The van der Waals surface area contributed by atoms with Gasteiger partial charge >= 0.3 is 0 Å². The van der Waals surface area contributed by atoms with Crippen molar-refractivity contribution in [2.75, 3.05) is 14.2 Å². The van der Waals surface area contributed by atoms with Crippen LogP contribution in [0, 0.1) is 0 Å². The van der Waals surface area contributed by atoms with Crippen LogP contribution in [-0.4, -0.2) is 56.8 Å². The van der Waals surface area contributed by atoms with Crippen LogP contribution in [0.1, 0.15) is 38.5 Å². The van der Waals surface area contributed by atoms with Gasteiger partial charge < -0.3 is 18.9 Å². The predicted octanol–water partition coefficient (Wildman–Crippen LogP) is 2.76. The molecule has 2 aromatic carbocycles. The molecule has 0 bridgehead atoms. The quantitative estimate of drug-likeness (QED) is 0.235. The third-order valence-corrected chi connectivity index (χ3v) is 5.35. The lowest BCUT2D eigenvalue weighted by Crippen LogP contribution is -2.05. The van der Waals surface area contributed by atoms with Crippen molar-refractivity contribution in [3.8, 4) is 23.0 Å². The molecule has 0 amide bonds. The van der Waals surface area contributed by atoms with Crippen molar-refractivity contribution in [2.24, 2.45) is 0 Å². The summed E-state index contributed by atoms with van der Waals surface area (Å²) in [6.45, 7) is 1.70. The number of benzene rings is 2. The highest BCUT2D eigenvalue weighted by molar-refractivity contribution is 5.76. The van der Waals surface area contributed by atoms with E-state index in [2.05, 4.69) is 20.6 Å². The lowest BCUT2D eigenvalue weighted by atomic mass is 10.2. The van der Waals surface area contributed by atoms with Crippen molar-refractivity contribution in [1.82, 2.24) is 30.0 Å². The number of aldehydes is 2. The van der Waals surface area contributed by atoms with Gasteiger partial charge in [0.2, 0.25) is 0 Å². The van der Waals surface area contributed by atoms with Crippen LogP contribution in [0.15, 0.2) is 48.8 Å². The minimum absolute atomic E-state index is 0.214. The molecule has 2 heterocycles. The van der Waals surface area contributed by atoms with Crippen LogP contribution in [-0.2, 0) is 26.3 Å². The number of aromatic nitrogens is 6. The van der Waals surface area contributed by atoms with Gasteiger partial charge in [-0.1, -0.05) is 10.4 Å². The van der Waals surface area contributed by atoms with E-state index in [1.165, 1.54) is 14.2 Å². The normalized spacial score (nSPS) is 10.6. The summed E-state index contributed by atoms with van der Waals surface area (Å²) in [5.74, 6) is 1.99. The minimum atomic E-state index is 0.214. The summed E-state index contributed by atoms with van der Waals surface area (Å²) in [6.07, 6.45) is 5.89. The first-order valence-electron chi connectivity index (χ1n) is 11.4. The predicted molar refractivity (Wildman–Crippen MR) is 130 cm³/mol. The van der Waals surface area contributed by atoms with Gasteiger partial charge in [-0.2, -0.15) is 0 Å². The zero-order valence-corrected chi connectivity index (χ0v) is 20.4. The van der Waals surface area contributed by atoms with Crippen molar-refractivity contribution in [3.05, 3.63) is 71.3 Å². The summed E-state index contributed by atoms with van der Waals surface area (Å²) in [5.41, 5.74) is 2.34. The first kappa shape index (κ1) is 25.4. The number of carbonyl (C=O) groups excluding carboxylic acids is 2. The van der Waals surface area contributed by atoms with Crippen LogP contribution >= 0.6 is 0 Å². The lowest BCUT2D eigenvalue weighted by molar-refractivity contribution is 0.111. The third-order valence-electron chi connectivity index (χ3n) is 5.35. The highest BCUT2D eigenvalue weighted by Crippen LogP contribution is 2.29. The fourth-order valence-electron chi connectivity index (χ4n) is 3.48. The Morgan fingerprint density at radius 1 is 0.703 bits per heavy atom. The van der Waals surface area contributed by atoms with Gasteiger partial charge in [-0.3, -0.25) is 19.0 Å². The molecule has 192 valence electrons. The van der Waals surface area contributed by atoms with Gasteiger partial charge in [0.1, 0.15) is 37.2 Å². The van der Waals surface area contributed by atoms with E-state index in [0.29, 0.717) is 58.6 Å². The fourth-order valence-corrected chi connectivity index (χ4v) is 3.48. The molecule has 37 heavy (non-hydrogen) atoms. The summed E-state index contributed by atoms with van der Waals surface area (Å²) in [6, 6.07) is 9.92. The van der Waals surface area contributed by atoms with E-state index in [0.717, 1.165) is 19.0 Å². The molecule has 12 nitrogen and oxygen atoms in total. The zero-order chi connectivity index (χ0) is 26.0. The summed E-state index contributed by atoms with van der Waals surface area (Å²) in [7, 11) is 3.04. The molecule has 0 saturated heterocycles. The average molecular weight is 507 g/mol. The Bertz CT molecular complexity index is 1250. The molecule has 12 heteroatoms. The molecule has 4 aromatic rings. The Morgan fingerprint density at radius 3 is 1.57 bits per heavy atom. The van der Waals surface area contributed by atoms with Gasteiger partial charge in [-0.25, -0.2) is 0 Å². The number of carbonyl (C=O) groups is 2. The number of methoxy groups -OCH3 is 2. The van der Waals surface area contributed by atoms with E-state index in [-0.39, 0.29) is 13.2 Å². The van der Waals surface area contributed by atoms with E-state index in [1.54, 1.807) is 45.8 Å². The largest absolute Gasteiger partial charge is 0.493 e. The number of hydrogen-bond donors (Lipinski definition) is 0. The number of ether oxygens (including phenoxy) is 4. The second-order valence-electron chi connectivity index (χ2n) is 7.93. The van der Waals surface area contributed by atoms with Crippen molar-refractivity contribution < 1.29 is 28.5 Å². The van der Waals surface area contributed by atoms with Gasteiger partial charge in [0.05, 0.1) is 26.6 Å². The molecular weight excluding hydrogens is 480 g/mol. The van der Waals surface area contributed by atoms with Crippen molar-refractivity contribution in [1.29, 1.82) is 0 Å². The zero-order valence-electron chi connectivity index (χ0n) is 20.4. The topological polar surface area (TPSA) is 132 Å². The van der Waals surface area contributed by atoms with Gasteiger partial charge in [0.15, 0.2) is 23.0 Å². The van der Waals surface area contributed by atoms with Crippen molar-refractivity contribution in [2.45, 2.75) is 32.7 Å². The van der Waals surface area contributed by atoms with Gasteiger partial charge in [-0.05, 0) is 42.8 Å². The molecule has 0 fully saturated rings. The maximum absolute atomic E-state index is 10.9. The highest BCUT2D eigenvalue weighted by atomic mass is 16.5. The summed E-state index contributed by atoms with van der Waals surface area (Å²) >= 11 is 0. The number of nitrogens with zero attached hydrogens (tertiary/aromatic N) is 6. The van der Waals surface area contributed by atoms with E-state index in [9.17, 15) is 9.59 Å². The van der Waals surface area contributed by atoms with Gasteiger partial charge in [0, 0.05) is 24.2 Å². The van der Waals surface area contributed by atoms with E-state index in [4.69, 9.17) is 18.9 Å². The average Bonchev–Trinajstić information content (AvgIpc) is 3.60. The summed E-state index contributed by atoms with van der Waals surface area (Å²) in [5, 5.41) is 16.6. The summed E-state index contributed by atoms with van der Waals surface area (Å²) in [4.78, 5) is 21.8. The Kier molecular flexibility index (Phi) is 8.42. The maximum Gasteiger partial charge on any atom is 0.161 e. The molecule has 0 aliphatic heterocycles. The molecule has 0 unspecified atom stereocenters. The Morgan fingerprint density at radius 2 is 1.16 bits per heavy atom. The smallest absolute Gasteiger partial charge is 0.161 e. The summed E-state index contributed by atoms with van der Waals surface area (Å²) < 4.78 is 25.6. The first-order chi connectivity index (χ1) is 18.1. The second kappa shape index (κ2) is 12.3. The molecule has 2 aromatic heterocycles. The Labute approximate surface area is 212 Å². The number of rotatable bonds is 14. The standard InChI is InChI=1S/C25H26N6O6/c1-34-24-10-18(14-32)4-6-22(24)36-16-20-12-30(28-26-20)8-3-9-31-13-21(27-29-31)17-37-23-7-5-19(15-33)11-25(23)35-2/h4-7,10-15H,3,8-9,16-17H2,1-2H3. The van der Waals surface area contributed by atoms with E-state index >= 15 is 0 Å².